The molecule has 1 fully saturated rings. The molecule has 19 heavy (non-hydrogen) atoms. The molecule has 0 unspecified atom stereocenters. The van der Waals surface area contributed by atoms with E-state index in [1.165, 1.54) is 0 Å². The Kier molecular flexibility index (Phi) is 2.85. The Morgan fingerprint density at radius 1 is 1.26 bits per heavy atom. The zero-order valence-corrected chi connectivity index (χ0v) is 11.0. The molecule has 2 N–H and O–H groups in total. The number of amides is 1. The van der Waals surface area contributed by atoms with Gasteiger partial charge in [0.25, 0.3) is 5.91 Å². The molecule has 0 spiro atoms. The molecule has 4 nitrogen and oxygen atoms in total. The van der Waals surface area contributed by atoms with E-state index in [0.717, 1.165) is 42.5 Å². The van der Waals surface area contributed by atoms with E-state index in [4.69, 9.17) is 5.73 Å². The minimum Gasteiger partial charge on any atom is -0.370 e. The number of rotatable bonds is 2. The van der Waals surface area contributed by atoms with E-state index in [9.17, 15) is 4.79 Å². The normalized spacial score (nSPS) is 15.1. The Morgan fingerprint density at radius 3 is 2.63 bits per heavy atom. The number of nitrogens with two attached hydrogens (primary N) is 1. The minimum atomic E-state index is -0.391. The standard InChI is InChI=1S/C15H17N3O/c1-10-13(15(16)19)14(18-8-4-5-9-18)11-6-2-3-7-12(11)17-10/h2-3,6-7H,4-5,8-9H2,1H3,(H2,16,19). The number of primary amides is 1. The highest BCUT2D eigenvalue weighted by Crippen LogP contribution is 2.33. The zero-order chi connectivity index (χ0) is 13.4. The molecular weight excluding hydrogens is 238 g/mol. The maximum Gasteiger partial charge on any atom is 0.252 e. The lowest BCUT2D eigenvalue weighted by Gasteiger charge is -2.23. The van der Waals surface area contributed by atoms with Crippen LogP contribution in [0.1, 0.15) is 28.9 Å². The second-order valence-electron chi connectivity index (χ2n) is 5.00. The molecule has 1 amide bonds. The van der Waals surface area contributed by atoms with Gasteiger partial charge in [-0.15, -0.1) is 0 Å². The lowest BCUT2D eigenvalue weighted by molar-refractivity contribution is 0.1000. The third-order valence-electron chi connectivity index (χ3n) is 3.71. The van der Waals surface area contributed by atoms with E-state index in [1.807, 2.05) is 31.2 Å². The Morgan fingerprint density at radius 2 is 1.95 bits per heavy atom. The molecule has 0 atom stereocenters. The van der Waals surface area contributed by atoms with Gasteiger partial charge in [0.05, 0.1) is 22.5 Å². The molecule has 98 valence electrons. The fraction of sp³-hybridized carbons (Fsp3) is 0.333. The summed E-state index contributed by atoms with van der Waals surface area (Å²) in [5, 5.41) is 1.02. The van der Waals surface area contributed by atoms with Gasteiger partial charge < -0.3 is 10.6 Å². The summed E-state index contributed by atoms with van der Waals surface area (Å²) in [6, 6.07) is 7.94. The Hall–Kier alpha value is -2.10. The molecule has 2 heterocycles. The van der Waals surface area contributed by atoms with Crippen LogP contribution in [0.5, 0.6) is 0 Å². The van der Waals surface area contributed by atoms with Gasteiger partial charge >= 0.3 is 0 Å². The van der Waals surface area contributed by atoms with Gasteiger partial charge in [-0.05, 0) is 25.8 Å². The topological polar surface area (TPSA) is 59.2 Å². The fourth-order valence-electron chi connectivity index (χ4n) is 2.88. The first kappa shape index (κ1) is 12.0. The first-order valence-electron chi connectivity index (χ1n) is 6.62. The van der Waals surface area contributed by atoms with Crippen molar-refractivity contribution in [3.05, 3.63) is 35.5 Å². The molecule has 0 radical (unpaired) electrons. The van der Waals surface area contributed by atoms with E-state index in [-0.39, 0.29) is 0 Å². The first-order valence-corrected chi connectivity index (χ1v) is 6.62. The van der Waals surface area contributed by atoms with Gasteiger partial charge in [0.15, 0.2) is 0 Å². The van der Waals surface area contributed by atoms with Crippen LogP contribution in [-0.4, -0.2) is 24.0 Å². The number of anilines is 1. The Balaban J connectivity index is 2.34. The number of aryl methyl sites for hydroxylation is 1. The van der Waals surface area contributed by atoms with Crippen LogP contribution in [0.4, 0.5) is 5.69 Å². The average Bonchev–Trinajstić information content (AvgIpc) is 2.90. The second kappa shape index (κ2) is 4.53. The Bertz CT molecular complexity index is 645. The number of benzene rings is 1. The van der Waals surface area contributed by atoms with Crippen LogP contribution in [0, 0.1) is 6.92 Å². The summed E-state index contributed by atoms with van der Waals surface area (Å²) in [5.41, 5.74) is 8.74. The van der Waals surface area contributed by atoms with Crippen molar-refractivity contribution in [1.82, 2.24) is 4.98 Å². The van der Waals surface area contributed by atoms with Gasteiger partial charge in [0, 0.05) is 18.5 Å². The zero-order valence-electron chi connectivity index (χ0n) is 11.0. The smallest absolute Gasteiger partial charge is 0.252 e. The molecule has 0 saturated carbocycles. The monoisotopic (exact) mass is 255 g/mol. The Labute approximate surface area is 112 Å². The number of hydrogen-bond acceptors (Lipinski definition) is 3. The highest BCUT2D eigenvalue weighted by atomic mass is 16.1. The molecule has 1 aromatic carbocycles. The van der Waals surface area contributed by atoms with Crippen molar-refractivity contribution in [2.75, 3.05) is 18.0 Å². The van der Waals surface area contributed by atoms with Crippen molar-refractivity contribution in [2.45, 2.75) is 19.8 Å². The van der Waals surface area contributed by atoms with Crippen LogP contribution < -0.4 is 10.6 Å². The van der Waals surface area contributed by atoms with Crippen molar-refractivity contribution in [3.8, 4) is 0 Å². The lowest BCUT2D eigenvalue weighted by Crippen LogP contribution is -2.25. The summed E-state index contributed by atoms with van der Waals surface area (Å²) < 4.78 is 0. The molecule has 1 aliphatic rings. The van der Waals surface area contributed by atoms with Gasteiger partial charge in [0.2, 0.25) is 0 Å². The van der Waals surface area contributed by atoms with Gasteiger partial charge in [-0.3, -0.25) is 9.78 Å². The molecular formula is C15H17N3O. The third kappa shape index (κ3) is 1.93. The number of carbonyl (C=O) groups is 1. The summed E-state index contributed by atoms with van der Waals surface area (Å²) in [7, 11) is 0. The lowest BCUT2D eigenvalue weighted by atomic mass is 10.0. The van der Waals surface area contributed by atoms with Crippen LogP contribution in [0.3, 0.4) is 0 Å². The SMILES string of the molecule is Cc1nc2ccccc2c(N2CCCC2)c1C(N)=O. The highest BCUT2D eigenvalue weighted by Gasteiger charge is 2.23. The van der Waals surface area contributed by atoms with Crippen LogP contribution in [0.2, 0.25) is 0 Å². The van der Waals surface area contributed by atoms with E-state index in [0.29, 0.717) is 11.3 Å². The second-order valence-corrected chi connectivity index (χ2v) is 5.00. The first-order chi connectivity index (χ1) is 9.18. The summed E-state index contributed by atoms with van der Waals surface area (Å²) in [5.74, 6) is -0.391. The van der Waals surface area contributed by atoms with Crippen molar-refractivity contribution in [3.63, 3.8) is 0 Å². The largest absolute Gasteiger partial charge is 0.370 e. The van der Waals surface area contributed by atoms with Gasteiger partial charge in [-0.1, -0.05) is 18.2 Å². The summed E-state index contributed by atoms with van der Waals surface area (Å²) >= 11 is 0. The van der Waals surface area contributed by atoms with E-state index in [1.54, 1.807) is 0 Å². The van der Waals surface area contributed by atoms with Crippen molar-refractivity contribution >= 4 is 22.5 Å². The van der Waals surface area contributed by atoms with Crippen molar-refractivity contribution < 1.29 is 4.79 Å². The molecule has 0 bridgehead atoms. The molecule has 1 saturated heterocycles. The third-order valence-corrected chi connectivity index (χ3v) is 3.71. The molecule has 1 aliphatic heterocycles. The quantitative estimate of drug-likeness (QED) is 0.895. The van der Waals surface area contributed by atoms with Gasteiger partial charge in [0.1, 0.15) is 0 Å². The van der Waals surface area contributed by atoms with Crippen LogP contribution in [0.15, 0.2) is 24.3 Å². The van der Waals surface area contributed by atoms with Gasteiger partial charge in [-0.25, -0.2) is 0 Å². The molecule has 3 rings (SSSR count). The number of carbonyl (C=O) groups excluding carboxylic acids is 1. The average molecular weight is 255 g/mol. The predicted octanol–water partition coefficient (Wildman–Crippen LogP) is 2.24. The van der Waals surface area contributed by atoms with Crippen molar-refractivity contribution in [2.24, 2.45) is 5.73 Å². The maximum absolute atomic E-state index is 11.8. The van der Waals surface area contributed by atoms with Crippen molar-refractivity contribution in [1.29, 1.82) is 0 Å². The molecule has 2 aromatic rings. The fourth-order valence-corrected chi connectivity index (χ4v) is 2.88. The van der Waals surface area contributed by atoms with E-state index < -0.39 is 5.91 Å². The minimum absolute atomic E-state index is 0.391. The summed E-state index contributed by atoms with van der Waals surface area (Å²) in [4.78, 5) is 18.6. The van der Waals surface area contributed by atoms with Crippen LogP contribution in [-0.2, 0) is 0 Å². The predicted molar refractivity (Wildman–Crippen MR) is 76.4 cm³/mol. The number of fused-ring (bicyclic) bond motifs is 1. The number of hydrogen-bond donors (Lipinski definition) is 1. The maximum atomic E-state index is 11.8. The van der Waals surface area contributed by atoms with Crippen LogP contribution in [0.25, 0.3) is 10.9 Å². The number of pyridine rings is 1. The van der Waals surface area contributed by atoms with E-state index in [2.05, 4.69) is 9.88 Å². The number of para-hydroxylation sites is 1. The molecule has 1 aromatic heterocycles. The van der Waals surface area contributed by atoms with Crippen LogP contribution >= 0.6 is 0 Å². The molecule has 0 aliphatic carbocycles. The van der Waals surface area contributed by atoms with Gasteiger partial charge in [-0.2, -0.15) is 0 Å². The van der Waals surface area contributed by atoms with E-state index >= 15 is 0 Å². The number of aromatic nitrogens is 1. The summed E-state index contributed by atoms with van der Waals surface area (Å²) in [6.07, 6.45) is 2.32. The number of nitrogens with zero attached hydrogens (tertiary/aromatic N) is 2. The molecule has 4 heteroatoms. The summed E-state index contributed by atoms with van der Waals surface area (Å²) in [6.45, 7) is 3.81. The highest BCUT2D eigenvalue weighted by molar-refractivity contribution is 6.07.